The topological polar surface area (TPSA) is 115 Å². The Kier molecular flexibility index (Phi) is 4.88. The van der Waals surface area contributed by atoms with Crippen LogP contribution in [0, 0.1) is 0 Å². The van der Waals surface area contributed by atoms with Gasteiger partial charge in [0.2, 0.25) is 10.0 Å². The number of benzene rings is 2. The first-order chi connectivity index (χ1) is 12.3. The Bertz CT molecular complexity index is 1040. The number of primary sulfonamides is 1. The Morgan fingerprint density at radius 1 is 1.08 bits per heavy atom. The number of carboxylic acid groups (broad SMARTS) is 1. The highest BCUT2D eigenvalue weighted by atomic mass is 32.2. The van der Waals surface area contributed by atoms with Crippen LogP contribution in [0.2, 0.25) is 0 Å². The molecule has 0 saturated heterocycles. The predicted molar refractivity (Wildman–Crippen MR) is 96.3 cm³/mol. The Labute approximate surface area is 150 Å². The highest BCUT2D eigenvalue weighted by Crippen LogP contribution is 2.26. The molecule has 0 bridgehead atoms. The number of para-hydroxylation sites is 1. The summed E-state index contributed by atoms with van der Waals surface area (Å²) in [5.74, 6) is -0.906. The van der Waals surface area contributed by atoms with Gasteiger partial charge in [-0.1, -0.05) is 30.3 Å². The molecule has 0 amide bonds. The summed E-state index contributed by atoms with van der Waals surface area (Å²) in [5, 5.41) is 18.6. The van der Waals surface area contributed by atoms with E-state index in [0.29, 0.717) is 17.0 Å². The summed E-state index contributed by atoms with van der Waals surface area (Å²) < 4.78 is 25.0. The number of nitrogens with zero attached hydrogens (tertiary/aromatic N) is 2. The van der Waals surface area contributed by atoms with Gasteiger partial charge in [0.15, 0.2) is 0 Å². The SMILES string of the molecule is NS(=O)(=O)c1cccc(-c2cc(CCC(=O)O)nn2-c2ccccc2)c1. The van der Waals surface area contributed by atoms with Gasteiger partial charge in [0.05, 0.1) is 28.4 Å². The van der Waals surface area contributed by atoms with E-state index in [-0.39, 0.29) is 17.7 Å². The summed E-state index contributed by atoms with van der Waals surface area (Å²) in [5.41, 5.74) is 2.66. The molecule has 0 atom stereocenters. The maximum atomic E-state index is 11.6. The smallest absolute Gasteiger partial charge is 0.303 e. The van der Waals surface area contributed by atoms with Crippen LogP contribution < -0.4 is 5.14 Å². The van der Waals surface area contributed by atoms with Crippen LogP contribution in [0.1, 0.15) is 12.1 Å². The third-order valence-electron chi connectivity index (χ3n) is 3.81. The average Bonchev–Trinajstić information content (AvgIpc) is 3.04. The summed E-state index contributed by atoms with van der Waals surface area (Å²) in [6.45, 7) is 0. The van der Waals surface area contributed by atoms with E-state index in [1.807, 2.05) is 30.3 Å². The van der Waals surface area contributed by atoms with Gasteiger partial charge in [-0.15, -0.1) is 0 Å². The van der Waals surface area contributed by atoms with E-state index >= 15 is 0 Å². The van der Waals surface area contributed by atoms with Gasteiger partial charge < -0.3 is 5.11 Å². The number of aromatic nitrogens is 2. The Hall–Kier alpha value is -2.97. The predicted octanol–water partition coefficient (Wildman–Crippen LogP) is 2.20. The highest BCUT2D eigenvalue weighted by Gasteiger charge is 2.15. The van der Waals surface area contributed by atoms with Crippen LogP contribution in [-0.4, -0.2) is 29.3 Å². The van der Waals surface area contributed by atoms with Gasteiger partial charge in [0.25, 0.3) is 0 Å². The van der Waals surface area contributed by atoms with Crippen LogP contribution in [-0.2, 0) is 21.2 Å². The summed E-state index contributed by atoms with van der Waals surface area (Å²) in [7, 11) is -3.83. The molecule has 134 valence electrons. The fourth-order valence-corrected chi connectivity index (χ4v) is 3.15. The van der Waals surface area contributed by atoms with Gasteiger partial charge in [-0.3, -0.25) is 4.79 Å². The third-order valence-corrected chi connectivity index (χ3v) is 4.73. The van der Waals surface area contributed by atoms with E-state index in [4.69, 9.17) is 10.2 Å². The molecule has 0 aliphatic rings. The van der Waals surface area contributed by atoms with E-state index in [2.05, 4.69) is 5.10 Å². The molecule has 0 unspecified atom stereocenters. The zero-order valence-corrected chi connectivity index (χ0v) is 14.6. The number of sulfonamides is 1. The molecular formula is C18H17N3O4S. The molecule has 1 heterocycles. The number of carboxylic acids is 1. The molecule has 0 saturated carbocycles. The molecule has 0 spiro atoms. The van der Waals surface area contributed by atoms with Gasteiger partial charge in [-0.2, -0.15) is 5.10 Å². The molecule has 0 aliphatic heterocycles. The van der Waals surface area contributed by atoms with Gasteiger partial charge >= 0.3 is 5.97 Å². The molecule has 0 fully saturated rings. The van der Waals surface area contributed by atoms with Crippen LogP contribution >= 0.6 is 0 Å². The maximum Gasteiger partial charge on any atom is 0.303 e. The number of rotatable bonds is 6. The van der Waals surface area contributed by atoms with E-state index in [9.17, 15) is 13.2 Å². The number of hydrogen-bond donors (Lipinski definition) is 2. The van der Waals surface area contributed by atoms with Crippen molar-refractivity contribution in [1.29, 1.82) is 0 Å². The number of carbonyl (C=O) groups is 1. The largest absolute Gasteiger partial charge is 0.481 e. The normalized spacial score (nSPS) is 11.4. The van der Waals surface area contributed by atoms with Crippen molar-refractivity contribution in [3.8, 4) is 16.9 Å². The zero-order valence-electron chi connectivity index (χ0n) is 13.7. The van der Waals surface area contributed by atoms with Crippen LogP contribution in [0.15, 0.2) is 65.6 Å². The summed E-state index contributed by atoms with van der Waals surface area (Å²) in [4.78, 5) is 10.8. The Morgan fingerprint density at radius 3 is 2.46 bits per heavy atom. The first kappa shape index (κ1) is 17.8. The number of nitrogens with two attached hydrogens (primary N) is 1. The summed E-state index contributed by atoms with van der Waals surface area (Å²) >= 11 is 0. The first-order valence-corrected chi connectivity index (χ1v) is 9.38. The second-order valence-corrected chi connectivity index (χ2v) is 7.30. The molecule has 26 heavy (non-hydrogen) atoms. The second kappa shape index (κ2) is 7.11. The van der Waals surface area contributed by atoms with Crippen molar-refractivity contribution >= 4 is 16.0 Å². The molecule has 1 aromatic heterocycles. The quantitative estimate of drug-likeness (QED) is 0.689. The van der Waals surface area contributed by atoms with Crippen LogP contribution in [0.4, 0.5) is 0 Å². The van der Waals surface area contributed by atoms with Crippen molar-refractivity contribution in [1.82, 2.24) is 9.78 Å². The number of aliphatic carboxylic acids is 1. The lowest BCUT2D eigenvalue weighted by molar-refractivity contribution is -0.136. The van der Waals surface area contributed by atoms with Gasteiger partial charge in [0, 0.05) is 12.0 Å². The van der Waals surface area contributed by atoms with Crippen molar-refractivity contribution in [2.45, 2.75) is 17.7 Å². The minimum atomic E-state index is -3.83. The fourth-order valence-electron chi connectivity index (χ4n) is 2.59. The van der Waals surface area contributed by atoms with Crippen LogP contribution in [0.3, 0.4) is 0 Å². The van der Waals surface area contributed by atoms with E-state index < -0.39 is 16.0 Å². The minimum Gasteiger partial charge on any atom is -0.481 e. The molecule has 3 N–H and O–H groups in total. The maximum absolute atomic E-state index is 11.6. The summed E-state index contributed by atoms with van der Waals surface area (Å²) in [6.07, 6.45) is 0.236. The lowest BCUT2D eigenvalue weighted by atomic mass is 10.1. The number of hydrogen-bond acceptors (Lipinski definition) is 4. The third kappa shape index (κ3) is 3.98. The van der Waals surface area contributed by atoms with Gasteiger partial charge in [-0.25, -0.2) is 18.2 Å². The van der Waals surface area contributed by atoms with Crippen LogP contribution in [0.25, 0.3) is 16.9 Å². The highest BCUT2D eigenvalue weighted by molar-refractivity contribution is 7.89. The second-order valence-electron chi connectivity index (χ2n) is 5.73. The van der Waals surface area contributed by atoms with Crippen molar-refractivity contribution < 1.29 is 18.3 Å². The van der Waals surface area contributed by atoms with E-state index in [1.165, 1.54) is 12.1 Å². The molecule has 7 nitrogen and oxygen atoms in total. The lowest BCUT2D eigenvalue weighted by Gasteiger charge is -2.08. The van der Waals surface area contributed by atoms with Crippen molar-refractivity contribution in [2.75, 3.05) is 0 Å². The van der Waals surface area contributed by atoms with E-state index in [1.54, 1.807) is 22.9 Å². The Morgan fingerprint density at radius 2 is 1.81 bits per heavy atom. The molecule has 3 rings (SSSR count). The summed E-state index contributed by atoms with van der Waals surface area (Å²) in [6, 6.07) is 17.3. The monoisotopic (exact) mass is 371 g/mol. The van der Waals surface area contributed by atoms with Crippen molar-refractivity contribution in [3.05, 3.63) is 66.4 Å². The van der Waals surface area contributed by atoms with Crippen LogP contribution in [0.5, 0.6) is 0 Å². The van der Waals surface area contributed by atoms with Crippen molar-refractivity contribution in [2.24, 2.45) is 5.14 Å². The van der Waals surface area contributed by atoms with Gasteiger partial charge in [-0.05, 0) is 30.3 Å². The Balaban J connectivity index is 2.12. The van der Waals surface area contributed by atoms with E-state index in [0.717, 1.165) is 5.69 Å². The fraction of sp³-hybridized carbons (Fsp3) is 0.111. The molecule has 3 aromatic rings. The molecular weight excluding hydrogens is 354 g/mol. The number of aryl methyl sites for hydroxylation is 1. The zero-order chi connectivity index (χ0) is 18.7. The molecule has 0 radical (unpaired) electrons. The van der Waals surface area contributed by atoms with Crippen molar-refractivity contribution in [3.63, 3.8) is 0 Å². The first-order valence-electron chi connectivity index (χ1n) is 7.84. The minimum absolute atomic E-state index is 0.00268. The lowest BCUT2D eigenvalue weighted by Crippen LogP contribution is -2.12. The average molecular weight is 371 g/mol. The molecule has 0 aliphatic carbocycles. The molecule has 8 heteroatoms. The molecule has 2 aromatic carbocycles. The standard InChI is InChI=1S/C18H17N3O4S/c19-26(24,25)16-8-4-5-13(11-16)17-12-14(9-10-18(22)23)20-21(17)15-6-2-1-3-7-15/h1-8,11-12H,9-10H2,(H,22,23)(H2,19,24,25). The van der Waals surface area contributed by atoms with Gasteiger partial charge in [0.1, 0.15) is 0 Å².